The second-order valence-electron chi connectivity index (χ2n) is 7.94. The maximum absolute atomic E-state index is 6.13. The molecule has 0 unspecified atom stereocenters. The molecule has 2 N–H and O–H groups in total. The van der Waals surface area contributed by atoms with Gasteiger partial charge in [-0.15, -0.1) is 0 Å². The van der Waals surface area contributed by atoms with Crippen LogP contribution in [-0.2, 0) is 5.75 Å². The van der Waals surface area contributed by atoms with Gasteiger partial charge in [-0.25, -0.2) is 9.97 Å². The fourth-order valence-corrected chi connectivity index (χ4v) is 4.00. The summed E-state index contributed by atoms with van der Waals surface area (Å²) in [5.41, 5.74) is 4.97. The Hall–Kier alpha value is -3.35. The molecule has 0 aliphatic carbocycles. The van der Waals surface area contributed by atoms with Crippen LogP contribution in [0.25, 0.3) is 11.3 Å². The van der Waals surface area contributed by atoms with Crippen molar-refractivity contribution in [2.75, 3.05) is 11.9 Å². The van der Waals surface area contributed by atoms with Gasteiger partial charge in [0.05, 0.1) is 5.69 Å². The summed E-state index contributed by atoms with van der Waals surface area (Å²) in [4.78, 5) is 8.92. The van der Waals surface area contributed by atoms with Crippen molar-refractivity contribution in [1.82, 2.24) is 14.7 Å². The predicted molar refractivity (Wildman–Crippen MR) is 145 cm³/mol. The van der Waals surface area contributed by atoms with E-state index in [4.69, 9.17) is 4.74 Å². The van der Waals surface area contributed by atoms with Crippen LogP contribution >= 0.6 is 11.9 Å². The Labute approximate surface area is 207 Å². The molecule has 0 bridgehead atoms. The van der Waals surface area contributed by atoms with E-state index >= 15 is 0 Å². The molecule has 1 heterocycles. The number of aromatic nitrogens is 2. The summed E-state index contributed by atoms with van der Waals surface area (Å²) in [5.74, 6) is 2.39. The molecule has 0 radical (unpaired) electrons. The average Bonchev–Trinajstić information content (AvgIpc) is 2.83. The maximum Gasteiger partial charge on any atom is 0.134 e. The first kappa shape index (κ1) is 25.3. The number of ether oxygens (including phenoxy) is 1. The Morgan fingerprint density at radius 1 is 1.12 bits per heavy atom. The van der Waals surface area contributed by atoms with Crippen LogP contribution in [0.4, 0.5) is 11.5 Å². The van der Waals surface area contributed by atoms with Gasteiger partial charge in [0.1, 0.15) is 24.5 Å². The summed E-state index contributed by atoms with van der Waals surface area (Å²) in [6, 6.07) is 18.7. The van der Waals surface area contributed by atoms with E-state index < -0.39 is 0 Å². The fourth-order valence-electron chi connectivity index (χ4n) is 3.23. The van der Waals surface area contributed by atoms with Crippen molar-refractivity contribution in [2.45, 2.75) is 32.6 Å². The molecular weight excluding hydrogens is 440 g/mol. The number of nitrogens with one attached hydrogen (secondary N) is 2. The van der Waals surface area contributed by atoms with Gasteiger partial charge in [0.15, 0.2) is 0 Å². The van der Waals surface area contributed by atoms with Crippen molar-refractivity contribution in [2.24, 2.45) is 0 Å². The highest BCUT2D eigenvalue weighted by Crippen LogP contribution is 2.30. The number of hydrogen-bond acceptors (Lipinski definition) is 6. The van der Waals surface area contributed by atoms with Gasteiger partial charge in [0.25, 0.3) is 0 Å². The molecule has 0 aliphatic heterocycles. The Morgan fingerprint density at radius 2 is 1.97 bits per heavy atom. The van der Waals surface area contributed by atoms with Gasteiger partial charge in [-0.1, -0.05) is 67.1 Å². The highest BCUT2D eigenvalue weighted by molar-refractivity contribution is 7.96. The molecule has 0 atom stereocenters. The first-order chi connectivity index (χ1) is 16.6. The smallest absolute Gasteiger partial charge is 0.134 e. The Morgan fingerprint density at radius 3 is 2.76 bits per heavy atom. The molecule has 3 aromatic rings. The molecule has 5 nitrogen and oxygen atoms in total. The van der Waals surface area contributed by atoms with Crippen LogP contribution in [0.15, 0.2) is 97.4 Å². The molecule has 0 spiro atoms. The SMILES string of the molecule is C=C/C=C(\C=C/C)COc1ccccc1-c1cc(Nc2cccc(CSNC(C)C)c2)ncn1. The minimum atomic E-state index is 0.444. The number of benzene rings is 2. The van der Waals surface area contributed by atoms with Crippen LogP contribution in [0.3, 0.4) is 0 Å². The van der Waals surface area contributed by atoms with E-state index in [1.54, 1.807) is 24.4 Å². The highest BCUT2D eigenvalue weighted by Gasteiger charge is 2.10. The summed E-state index contributed by atoms with van der Waals surface area (Å²) < 4.78 is 9.51. The minimum Gasteiger partial charge on any atom is -0.488 e. The Bertz CT molecular complexity index is 1140. The summed E-state index contributed by atoms with van der Waals surface area (Å²) >= 11 is 1.71. The Balaban J connectivity index is 1.75. The van der Waals surface area contributed by atoms with Gasteiger partial charge in [-0.3, -0.25) is 4.72 Å². The molecule has 2 aromatic carbocycles. The number of allylic oxidation sites excluding steroid dienone is 3. The summed E-state index contributed by atoms with van der Waals surface area (Å²) in [6.45, 7) is 10.5. The van der Waals surface area contributed by atoms with Gasteiger partial charge in [-0.2, -0.15) is 0 Å². The third-order valence-electron chi connectivity index (χ3n) is 4.69. The molecule has 0 fully saturated rings. The Kier molecular flexibility index (Phi) is 9.95. The van der Waals surface area contributed by atoms with Crippen LogP contribution in [-0.4, -0.2) is 22.6 Å². The molecule has 176 valence electrons. The maximum atomic E-state index is 6.13. The van der Waals surface area contributed by atoms with Gasteiger partial charge >= 0.3 is 0 Å². The molecule has 6 heteroatoms. The predicted octanol–water partition coefficient (Wildman–Crippen LogP) is 7.10. The lowest BCUT2D eigenvalue weighted by molar-refractivity contribution is 0.357. The molecule has 0 saturated carbocycles. The molecule has 0 aliphatic rings. The van der Waals surface area contributed by atoms with Gasteiger partial charge in [-0.05, 0) is 56.2 Å². The van der Waals surface area contributed by atoms with E-state index in [1.807, 2.05) is 61.5 Å². The first-order valence-corrected chi connectivity index (χ1v) is 12.3. The normalized spacial score (nSPS) is 11.7. The van der Waals surface area contributed by atoms with Crippen LogP contribution in [0, 0.1) is 0 Å². The fraction of sp³-hybridized carbons (Fsp3) is 0.214. The van der Waals surface area contributed by atoms with Crippen LogP contribution < -0.4 is 14.8 Å². The largest absolute Gasteiger partial charge is 0.488 e. The zero-order valence-electron chi connectivity index (χ0n) is 20.0. The number of anilines is 2. The topological polar surface area (TPSA) is 59.1 Å². The van der Waals surface area contributed by atoms with E-state index in [0.717, 1.165) is 39.8 Å². The third-order valence-corrected chi connectivity index (χ3v) is 5.81. The molecule has 0 amide bonds. The first-order valence-electron chi connectivity index (χ1n) is 11.3. The van der Waals surface area contributed by atoms with Crippen molar-refractivity contribution < 1.29 is 4.74 Å². The lowest BCUT2D eigenvalue weighted by Gasteiger charge is -2.13. The van der Waals surface area contributed by atoms with Gasteiger partial charge < -0.3 is 10.1 Å². The van der Waals surface area contributed by atoms with Crippen LogP contribution in [0.1, 0.15) is 26.3 Å². The zero-order chi connectivity index (χ0) is 24.2. The van der Waals surface area contributed by atoms with E-state index in [0.29, 0.717) is 12.6 Å². The monoisotopic (exact) mass is 472 g/mol. The van der Waals surface area contributed by atoms with Crippen LogP contribution in [0.5, 0.6) is 5.75 Å². The summed E-state index contributed by atoms with van der Waals surface area (Å²) in [6.07, 6.45) is 9.29. The number of para-hydroxylation sites is 1. The molecule has 34 heavy (non-hydrogen) atoms. The quantitative estimate of drug-likeness (QED) is 0.217. The molecule has 3 rings (SSSR count). The third kappa shape index (κ3) is 7.90. The summed E-state index contributed by atoms with van der Waals surface area (Å²) in [5, 5.41) is 3.41. The van der Waals surface area contributed by atoms with Gasteiger partial charge in [0, 0.05) is 29.1 Å². The van der Waals surface area contributed by atoms with E-state index in [-0.39, 0.29) is 0 Å². The van der Waals surface area contributed by atoms with Crippen molar-refractivity contribution in [1.29, 1.82) is 0 Å². The standard InChI is InChI=1S/C28H32N4OS/c1-5-10-22(11-6-2)18-33-27-15-8-7-14-25(27)26-17-28(30-20-29-26)31-24-13-9-12-23(16-24)19-34-32-21(3)4/h5-17,20-21,32H,1,18-19H2,2-4H3,(H,29,30,31)/b11-6-,22-10+. The highest BCUT2D eigenvalue weighted by atomic mass is 32.2. The average molecular weight is 473 g/mol. The molecule has 1 aromatic heterocycles. The lowest BCUT2D eigenvalue weighted by Crippen LogP contribution is -2.14. The van der Waals surface area contributed by atoms with E-state index in [1.165, 1.54) is 5.56 Å². The van der Waals surface area contributed by atoms with E-state index in [9.17, 15) is 0 Å². The van der Waals surface area contributed by atoms with Crippen molar-refractivity contribution >= 4 is 23.5 Å². The van der Waals surface area contributed by atoms with Gasteiger partial charge in [0.2, 0.25) is 0 Å². The second-order valence-corrected chi connectivity index (χ2v) is 8.75. The summed E-state index contributed by atoms with van der Waals surface area (Å²) in [7, 11) is 0. The van der Waals surface area contributed by atoms with Crippen molar-refractivity contribution in [3.05, 3.63) is 103 Å². The zero-order valence-corrected chi connectivity index (χ0v) is 20.8. The number of nitrogens with zero attached hydrogens (tertiary/aromatic N) is 2. The lowest BCUT2D eigenvalue weighted by atomic mass is 10.1. The van der Waals surface area contributed by atoms with Crippen LogP contribution in [0.2, 0.25) is 0 Å². The second kappa shape index (κ2) is 13.4. The number of hydrogen-bond donors (Lipinski definition) is 2. The van der Waals surface area contributed by atoms with Crippen molar-refractivity contribution in [3.63, 3.8) is 0 Å². The van der Waals surface area contributed by atoms with E-state index in [2.05, 4.69) is 58.6 Å². The minimum absolute atomic E-state index is 0.444. The number of rotatable bonds is 12. The molecular formula is C28H32N4OS. The van der Waals surface area contributed by atoms with Crippen molar-refractivity contribution in [3.8, 4) is 17.0 Å². The molecule has 0 saturated heterocycles.